The van der Waals surface area contributed by atoms with Gasteiger partial charge in [-0.15, -0.1) is 0 Å². The summed E-state index contributed by atoms with van der Waals surface area (Å²) in [5, 5.41) is 2.61. The van der Waals surface area contributed by atoms with Crippen molar-refractivity contribution in [2.24, 2.45) is 5.92 Å². The molecule has 170 valence electrons. The highest BCUT2D eigenvalue weighted by molar-refractivity contribution is 6.30. The van der Waals surface area contributed by atoms with Crippen LogP contribution in [-0.2, 0) is 14.3 Å². The summed E-state index contributed by atoms with van der Waals surface area (Å²) in [4.78, 5) is 35.7. The first-order valence-corrected chi connectivity index (χ1v) is 10.5. The molecule has 2 aromatic carbocycles. The molecule has 0 radical (unpaired) electrons. The minimum Gasteiger partial charge on any atom is -0.490 e. The lowest BCUT2D eigenvalue weighted by molar-refractivity contribution is -0.143. The number of rotatable bonds is 10. The molecule has 0 saturated heterocycles. The van der Waals surface area contributed by atoms with Gasteiger partial charge >= 0.3 is 5.97 Å². The first-order valence-electron chi connectivity index (χ1n) is 10.1. The molecule has 0 aromatic heterocycles. The number of hydrogen-bond donors (Lipinski definition) is 1. The molecule has 0 heterocycles. The van der Waals surface area contributed by atoms with Crippen molar-refractivity contribution in [2.45, 2.75) is 20.8 Å². The van der Waals surface area contributed by atoms with Crippen LogP contribution >= 0.6 is 11.6 Å². The van der Waals surface area contributed by atoms with Gasteiger partial charge in [-0.1, -0.05) is 31.5 Å². The summed E-state index contributed by atoms with van der Waals surface area (Å²) in [6.07, 6.45) is 2.72. The summed E-state index contributed by atoms with van der Waals surface area (Å²) >= 11 is 5.76. The molecule has 0 aliphatic carbocycles. The van der Waals surface area contributed by atoms with Gasteiger partial charge in [0.2, 0.25) is 0 Å². The maximum Gasteiger partial charge on any atom is 0.331 e. The van der Waals surface area contributed by atoms with Gasteiger partial charge in [0.15, 0.2) is 18.1 Å². The number of halogens is 1. The minimum atomic E-state index is -0.739. The van der Waals surface area contributed by atoms with Gasteiger partial charge in [0.1, 0.15) is 0 Å². The van der Waals surface area contributed by atoms with Gasteiger partial charge in [0.25, 0.3) is 11.8 Å². The average Bonchev–Trinajstić information content (AvgIpc) is 2.76. The molecule has 0 fully saturated rings. The van der Waals surface area contributed by atoms with Crippen LogP contribution in [0.3, 0.4) is 0 Å². The Kier molecular flexibility index (Phi) is 9.76. The Hall–Kier alpha value is -3.32. The van der Waals surface area contributed by atoms with Crippen molar-refractivity contribution in [3.63, 3.8) is 0 Å². The number of hydrogen-bond acceptors (Lipinski definition) is 6. The van der Waals surface area contributed by atoms with Crippen molar-refractivity contribution >= 4 is 35.5 Å². The van der Waals surface area contributed by atoms with Crippen molar-refractivity contribution in [1.82, 2.24) is 5.32 Å². The molecule has 0 spiro atoms. The smallest absolute Gasteiger partial charge is 0.331 e. The van der Waals surface area contributed by atoms with Crippen molar-refractivity contribution in [3.05, 3.63) is 64.7 Å². The van der Waals surface area contributed by atoms with E-state index >= 15 is 0 Å². The van der Waals surface area contributed by atoms with E-state index in [1.165, 1.54) is 36.4 Å². The second kappa shape index (κ2) is 12.5. The van der Waals surface area contributed by atoms with E-state index in [1.54, 1.807) is 18.2 Å². The zero-order valence-corrected chi connectivity index (χ0v) is 19.0. The molecule has 0 unspecified atom stereocenters. The van der Waals surface area contributed by atoms with Gasteiger partial charge in [0, 0.05) is 16.7 Å². The lowest BCUT2D eigenvalue weighted by Crippen LogP contribution is -2.34. The van der Waals surface area contributed by atoms with Gasteiger partial charge in [-0.25, -0.2) is 4.79 Å². The minimum absolute atomic E-state index is 0.264. The maximum atomic E-state index is 12.0. The topological polar surface area (TPSA) is 90.9 Å². The van der Waals surface area contributed by atoms with Crippen molar-refractivity contribution in [1.29, 1.82) is 0 Å². The van der Waals surface area contributed by atoms with E-state index in [2.05, 4.69) is 19.2 Å². The number of imide groups is 1. The number of amides is 2. The third kappa shape index (κ3) is 8.43. The summed E-state index contributed by atoms with van der Waals surface area (Å²) in [6, 6.07) is 11.3. The number of carbonyl (C=O) groups excluding carboxylic acids is 3. The molecule has 2 rings (SSSR count). The first-order chi connectivity index (χ1) is 15.3. The zero-order valence-electron chi connectivity index (χ0n) is 18.2. The van der Waals surface area contributed by atoms with Gasteiger partial charge in [-0.2, -0.15) is 0 Å². The Morgan fingerprint density at radius 1 is 1.03 bits per heavy atom. The lowest BCUT2D eigenvalue weighted by Gasteiger charge is -2.14. The van der Waals surface area contributed by atoms with E-state index in [9.17, 15) is 14.4 Å². The van der Waals surface area contributed by atoms with Crippen LogP contribution in [0.5, 0.6) is 11.5 Å². The molecule has 2 amide bonds. The van der Waals surface area contributed by atoms with E-state index in [-0.39, 0.29) is 5.56 Å². The van der Waals surface area contributed by atoms with Crippen molar-refractivity contribution < 1.29 is 28.6 Å². The van der Waals surface area contributed by atoms with E-state index in [4.69, 9.17) is 25.8 Å². The molecule has 0 bridgehead atoms. The summed E-state index contributed by atoms with van der Waals surface area (Å²) in [5.41, 5.74) is 0.963. The molecule has 0 saturated carbocycles. The molecule has 0 aliphatic rings. The Morgan fingerprint density at radius 2 is 1.75 bits per heavy atom. The fourth-order valence-electron chi connectivity index (χ4n) is 2.46. The standard InChI is InChI=1S/C24H26ClNO6/c1-4-30-21-13-17(5-11-20(21)31-14-16(2)3)6-12-23(28)32-15-22(27)26-24(29)18-7-9-19(25)10-8-18/h5-13,16H,4,14-15H2,1-3H3,(H,26,27,29). The SMILES string of the molecule is CCOc1cc(C=CC(=O)OCC(=O)NC(=O)c2ccc(Cl)cc2)ccc1OCC(C)C. The predicted octanol–water partition coefficient (Wildman–Crippen LogP) is 4.29. The van der Waals surface area contributed by atoms with Crippen LogP contribution in [0.4, 0.5) is 0 Å². The van der Waals surface area contributed by atoms with E-state index in [1.807, 2.05) is 6.92 Å². The lowest BCUT2D eigenvalue weighted by atomic mass is 10.2. The van der Waals surface area contributed by atoms with Gasteiger partial charge in [-0.05, 0) is 60.9 Å². The summed E-state index contributed by atoms with van der Waals surface area (Å²) in [6.45, 7) is 6.42. The monoisotopic (exact) mass is 459 g/mol. The number of nitrogens with one attached hydrogen (secondary N) is 1. The third-order valence-corrected chi connectivity index (χ3v) is 4.21. The molecule has 0 aliphatic heterocycles. The molecule has 0 atom stereocenters. The second-order valence-electron chi connectivity index (χ2n) is 7.17. The summed E-state index contributed by atoms with van der Waals surface area (Å²) in [7, 11) is 0. The average molecular weight is 460 g/mol. The molecule has 2 aromatic rings. The Bertz CT molecular complexity index is 969. The van der Waals surface area contributed by atoms with E-state index < -0.39 is 24.4 Å². The van der Waals surface area contributed by atoms with Crippen LogP contribution in [0.1, 0.15) is 36.7 Å². The number of esters is 1. The summed E-state index contributed by atoms with van der Waals surface area (Å²) < 4.78 is 16.2. The van der Waals surface area contributed by atoms with Crippen molar-refractivity contribution in [3.8, 4) is 11.5 Å². The Labute approximate surface area is 192 Å². The van der Waals surface area contributed by atoms with Gasteiger partial charge in [0.05, 0.1) is 13.2 Å². The van der Waals surface area contributed by atoms with Crippen molar-refractivity contribution in [2.75, 3.05) is 19.8 Å². The fraction of sp³-hybridized carbons (Fsp3) is 0.292. The van der Waals surface area contributed by atoms with Crippen LogP contribution in [0.2, 0.25) is 5.02 Å². The highest BCUT2D eigenvalue weighted by Gasteiger charge is 2.12. The normalized spacial score (nSPS) is 10.8. The van der Waals surface area contributed by atoms with Gasteiger partial charge < -0.3 is 14.2 Å². The quantitative estimate of drug-likeness (QED) is 0.421. The van der Waals surface area contributed by atoms with E-state index in [0.717, 1.165) is 0 Å². The largest absolute Gasteiger partial charge is 0.490 e. The Balaban J connectivity index is 1.88. The fourth-order valence-corrected chi connectivity index (χ4v) is 2.58. The molecule has 32 heavy (non-hydrogen) atoms. The number of carbonyl (C=O) groups is 3. The third-order valence-electron chi connectivity index (χ3n) is 3.96. The highest BCUT2D eigenvalue weighted by Crippen LogP contribution is 2.29. The molecular weight excluding hydrogens is 434 g/mol. The van der Waals surface area contributed by atoms with Crippen LogP contribution in [0, 0.1) is 5.92 Å². The summed E-state index contributed by atoms with van der Waals surface area (Å²) in [5.74, 6) is -0.501. The molecule has 8 heteroatoms. The predicted molar refractivity (Wildman–Crippen MR) is 122 cm³/mol. The first kappa shape index (κ1) is 24.9. The Morgan fingerprint density at radius 3 is 2.41 bits per heavy atom. The second-order valence-corrected chi connectivity index (χ2v) is 7.61. The van der Waals surface area contributed by atoms with Crippen LogP contribution < -0.4 is 14.8 Å². The maximum absolute atomic E-state index is 12.0. The molecule has 7 nitrogen and oxygen atoms in total. The highest BCUT2D eigenvalue weighted by atomic mass is 35.5. The number of ether oxygens (including phenoxy) is 3. The number of benzene rings is 2. The van der Waals surface area contributed by atoms with Crippen LogP contribution in [0.25, 0.3) is 6.08 Å². The molecule has 1 N–H and O–H groups in total. The zero-order chi connectivity index (χ0) is 23.5. The molecular formula is C24H26ClNO6. The van der Waals surface area contributed by atoms with Gasteiger partial charge in [-0.3, -0.25) is 14.9 Å². The van der Waals surface area contributed by atoms with E-state index in [0.29, 0.717) is 41.2 Å². The van der Waals surface area contributed by atoms with Crippen LogP contribution in [-0.4, -0.2) is 37.6 Å². The van der Waals surface area contributed by atoms with Crippen LogP contribution in [0.15, 0.2) is 48.5 Å².